The quantitative estimate of drug-likeness (QED) is 0.110. The Morgan fingerprint density at radius 3 is 2.23 bits per heavy atom. The number of thiophene rings is 1. The Labute approximate surface area is 287 Å². The minimum absolute atomic E-state index is 0.0858. The summed E-state index contributed by atoms with van der Waals surface area (Å²) in [6.07, 6.45) is 0.830. The molecule has 14 heteroatoms. The van der Waals surface area contributed by atoms with E-state index in [0.717, 1.165) is 11.3 Å². The van der Waals surface area contributed by atoms with Crippen LogP contribution in [0.1, 0.15) is 54.6 Å². The van der Waals surface area contributed by atoms with E-state index in [1.807, 2.05) is 42.5 Å². The van der Waals surface area contributed by atoms with Crippen LogP contribution < -0.4 is 31.5 Å². The van der Waals surface area contributed by atoms with Crippen molar-refractivity contribution in [2.45, 2.75) is 67.7 Å². The van der Waals surface area contributed by atoms with Gasteiger partial charge in [-0.1, -0.05) is 81.4 Å². The molecular formula is C34H39N5O6S2Si. The maximum atomic E-state index is 13.5. The van der Waals surface area contributed by atoms with E-state index >= 15 is 0 Å². The minimum atomic E-state index is -2.75. The normalized spacial score (nSPS) is 15.1. The van der Waals surface area contributed by atoms with Gasteiger partial charge in [0.25, 0.3) is 11.5 Å². The first kappa shape index (κ1) is 34.9. The third-order valence-electron chi connectivity index (χ3n) is 8.35. The molecule has 0 aliphatic carbocycles. The lowest BCUT2D eigenvalue weighted by Gasteiger charge is -2.44. The number of hydrogen-bond donors (Lipinski definition) is 6. The van der Waals surface area contributed by atoms with Crippen molar-refractivity contribution in [3.8, 4) is 0 Å². The van der Waals surface area contributed by atoms with Crippen LogP contribution in [0.3, 0.4) is 0 Å². The molecule has 48 heavy (non-hydrogen) atoms. The second-order valence-electron chi connectivity index (χ2n) is 12.7. The van der Waals surface area contributed by atoms with E-state index in [1.54, 1.807) is 6.07 Å². The number of carboxylic acid groups (broad SMARTS) is 2. The molecule has 2 atom stereocenters. The predicted molar refractivity (Wildman–Crippen MR) is 193 cm³/mol. The van der Waals surface area contributed by atoms with E-state index in [2.05, 4.69) is 65.6 Å². The summed E-state index contributed by atoms with van der Waals surface area (Å²) in [5.74, 6) is -1.98. The number of aliphatic carboxylic acids is 2. The summed E-state index contributed by atoms with van der Waals surface area (Å²) in [7, 11) is -2.75. The summed E-state index contributed by atoms with van der Waals surface area (Å²) in [5.41, 5.74) is -0.214. The number of hydrogen-bond acceptors (Lipinski definition) is 9. The van der Waals surface area contributed by atoms with E-state index in [9.17, 15) is 24.3 Å². The van der Waals surface area contributed by atoms with Crippen molar-refractivity contribution in [1.82, 2.24) is 15.3 Å². The maximum absolute atomic E-state index is 13.5. The van der Waals surface area contributed by atoms with Crippen LogP contribution in [0.15, 0.2) is 82.5 Å². The summed E-state index contributed by atoms with van der Waals surface area (Å²) in [5, 5.41) is 26.3. The lowest BCUT2D eigenvalue weighted by atomic mass is 10.1. The Morgan fingerprint density at radius 1 is 1.00 bits per heavy atom. The highest BCUT2D eigenvalue weighted by atomic mass is 32.2. The maximum Gasteiger partial charge on any atom is 0.326 e. The first-order valence-corrected chi connectivity index (χ1v) is 19.3. The second kappa shape index (κ2) is 14.8. The summed E-state index contributed by atoms with van der Waals surface area (Å²) in [4.78, 5) is 62.0. The van der Waals surface area contributed by atoms with Crippen molar-refractivity contribution in [3.05, 3.63) is 92.9 Å². The molecule has 1 amide bonds. The van der Waals surface area contributed by atoms with Crippen LogP contribution in [0.5, 0.6) is 0 Å². The zero-order valence-corrected chi connectivity index (χ0v) is 29.5. The minimum Gasteiger partial charge on any atom is -0.481 e. The second-order valence-corrected chi connectivity index (χ2v) is 19.6. The van der Waals surface area contributed by atoms with Gasteiger partial charge in [-0.15, -0.1) is 23.1 Å². The fraction of sp³-hybridized carbons (Fsp3) is 0.324. The highest BCUT2D eigenvalue weighted by Crippen LogP contribution is 2.37. The first-order valence-electron chi connectivity index (χ1n) is 15.7. The van der Waals surface area contributed by atoms with Gasteiger partial charge < -0.3 is 25.8 Å². The number of benzene rings is 2. The molecule has 5 rings (SSSR count). The van der Waals surface area contributed by atoms with Crippen molar-refractivity contribution >= 4 is 71.3 Å². The SMILES string of the molecule is CC(C)(C)[Si](Nc1nc2c(c(=O)[nH]1)SC(CCc1ccc(C(=O)NC(CCC(=O)O)C(=O)O)s1)CN2)(c1ccccc1)c1ccccc1. The average Bonchev–Trinajstić information content (AvgIpc) is 3.54. The molecule has 0 radical (unpaired) electrons. The number of rotatable bonds is 13. The molecule has 0 fully saturated rings. The van der Waals surface area contributed by atoms with Crippen LogP contribution in [-0.4, -0.2) is 64.1 Å². The molecule has 2 aromatic heterocycles. The number of aromatic nitrogens is 2. The molecule has 2 aromatic carbocycles. The van der Waals surface area contributed by atoms with Crippen molar-refractivity contribution in [2.24, 2.45) is 0 Å². The summed E-state index contributed by atoms with van der Waals surface area (Å²) >= 11 is 2.75. The summed E-state index contributed by atoms with van der Waals surface area (Å²) in [6, 6.07) is 22.9. The Hall–Kier alpha value is -4.40. The van der Waals surface area contributed by atoms with Crippen molar-refractivity contribution < 1.29 is 24.6 Å². The van der Waals surface area contributed by atoms with E-state index in [4.69, 9.17) is 10.1 Å². The number of carbonyl (C=O) groups excluding carboxylic acids is 1. The van der Waals surface area contributed by atoms with Crippen molar-refractivity contribution in [1.29, 1.82) is 0 Å². The molecule has 2 unspecified atom stereocenters. The van der Waals surface area contributed by atoms with E-state index in [-0.39, 0.29) is 28.7 Å². The number of thioether (sulfide) groups is 1. The first-order chi connectivity index (χ1) is 22.9. The fourth-order valence-electron chi connectivity index (χ4n) is 5.94. The van der Waals surface area contributed by atoms with E-state index in [1.165, 1.54) is 33.5 Å². The number of amides is 1. The number of fused-ring (bicyclic) bond motifs is 1. The Bertz CT molecular complexity index is 1790. The van der Waals surface area contributed by atoms with Crippen LogP contribution in [0.2, 0.25) is 5.04 Å². The van der Waals surface area contributed by atoms with E-state index in [0.29, 0.717) is 34.5 Å². The molecule has 0 saturated heterocycles. The number of aromatic amines is 1. The third kappa shape index (κ3) is 7.83. The predicted octanol–water partition coefficient (Wildman–Crippen LogP) is 4.37. The topological polar surface area (TPSA) is 174 Å². The lowest BCUT2D eigenvalue weighted by molar-refractivity contribution is -0.140. The lowest BCUT2D eigenvalue weighted by Crippen LogP contribution is -2.70. The van der Waals surface area contributed by atoms with Gasteiger partial charge >= 0.3 is 11.9 Å². The molecule has 6 N–H and O–H groups in total. The van der Waals surface area contributed by atoms with Gasteiger partial charge in [0.05, 0.1) is 4.88 Å². The van der Waals surface area contributed by atoms with Gasteiger partial charge in [-0.25, -0.2) is 4.79 Å². The zero-order chi connectivity index (χ0) is 34.5. The Kier molecular flexibility index (Phi) is 10.8. The zero-order valence-electron chi connectivity index (χ0n) is 26.9. The largest absolute Gasteiger partial charge is 0.481 e. The van der Waals surface area contributed by atoms with Gasteiger partial charge in [-0.2, -0.15) is 4.98 Å². The summed E-state index contributed by atoms with van der Waals surface area (Å²) < 4.78 is 0. The number of H-pyrrole nitrogens is 1. The Morgan fingerprint density at radius 2 is 1.65 bits per heavy atom. The Balaban J connectivity index is 1.28. The molecule has 0 bridgehead atoms. The number of anilines is 2. The number of aryl methyl sites for hydroxylation is 1. The van der Waals surface area contributed by atoms with Crippen LogP contribution in [0.25, 0.3) is 0 Å². The molecule has 1 aliphatic heterocycles. The van der Waals surface area contributed by atoms with Crippen molar-refractivity contribution in [3.63, 3.8) is 0 Å². The summed E-state index contributed by atoms with van der Waals surface area (Å²) in [6.45, 7) is 7.27. The molecule has 4 aromatic rings. The van der Waals surface area contributed by atoms with Gasteiger partial charge in [-0.3, -0.25) is 19.4 Å². The standard InChI is InChI=1S/C34H39N5O6S2Si/c1-34(2,3)48(23-10-6-4-7-11-23,24-12-8-5-9-13-24)39-33-37-29-28(31(43)38-33)47-22(20-35-29)15-14-21-16-18-26(46-21)30(42)36-25(32(44)45)17-19-27(40)41/h4-13,16,18,22,25H,14-15,17,19-20H2,1-3H3,(H,36,42)(H,40,41)(H,44,45)(H3,35,37,38,39,43). The van der Waals surface area contributed by atoms with Crippen LogP contribution in [0, 0.1) is 0 Å². The van der Waals surface area contributed by atoms with Crippen LogP contribution >= 0.6 is 23.1 Å². The third-order valence-corrected chi connectivity index (χ3v) is 16.1. The van der Waals surface area contributed by atoms with Gasteiger partial charge in [0.15, 0.2) is 5.95 Å². The highest BCUT2D eigenvalue weighted by molar-refractivity contribution is 8.00. The van der Waals surface area contributed by atoms with Gasteiger partial charge in [0, 0.05) is 23.1 Å². The number of nitrogens with one attached hydrogen (secondary N) is 4. The van der Waals surface area contributed by atoms with Crippen LogP contribution in [-0.2, 0) is 16.0 Å². The molecule has 1 aliphatic rings. The monoisotopic (exact) mass is 705 g/mol. The molecule has 11 nitrogen and oxygen atoms in total. The van der Waals surface area contributed by atoms with Crippen LogP contribution in [0.4, 0.5) is 11.8 Å². The number of carboxylic acids is 2. The number of nitrogens with zero attached hydrogens (tertiary/aromatic N) is 1. The average molecular weight is 706 g/mol. The van der Waals surface area contributed by atoms with Gasteiger partial charge in [0.1, 0.15) is 16.8 Å². The number of carbonyl (C=O) groups is 3. The molecular weight excluding hydrogens is 667 g/mol. The smallest absolute Gasteiger partial charge is 0.326 e. The van der Waals surface area contributed by atoms with Gasteiger partial charge in [-0.05, 0) is 46.8 Å². The van der Waals surface area contributed by atoms with E-state index < -0.39 is 32.1 Å². The fourth-order valence-corrected chi connectivity index (χ4v) is 12.6. The molecule has 3 heterocycles. The van der Waals surface area contributed by atoms with Crippen molar-refractivity contribution in [2.75, 3.05) is 16.8 Å². The van der Waals surface area contributed by atoms with Gasteiger partial charge in [0.2, 0.25) is 8.24 Å². The highest BCUT2D eigenvalue weighted by Gasteiger charge is 2.49. The molecule has 0 saturated carbocycles. The molecule has 252 valence electrons. The molecule has 0 spiro atoms.